The van der Waals surface area contributed by atoms with E-state index in [0.717, 1.165) is 49.4 Å². The summed E-state index contributed by atoms with van der Waals surface area (Å²) in [6.07, 6.45) is 1.45. The van der Waals surface area contributed by atoms with Crippen molar-refractivity contribution >= 4 is 33.9 Å². The Morgan fingerprint density at radius 3 is 2.62 bits per heavy atom. The van der Waals surface area contributed by atoms with Gasteiger partial charge in [0.1, 0.15) is 5.82 Å². The van der Waals surface area contributed by atoms with Gasteiger partial charge in [-0.15, -0.1) is 0 Å². The maximum absolute atomic E-state index is 13.7. The lowest BCUT2D eigenvalue weighted by Crippen LogP contribution is -2.36. The zero-order valence-corrected chi connectivity index (χ0v) is 19.5. The second kappa shape index (κ2) is 11.0. The highest BCUT2D eigenvalue weighted by Crippen LogP contribution is 2.41. The van der Waals surface area contributed by atoms with Crippen molar-refractivity contribution in [2.45, 2.75) is 32.4 Å². The molecule has 8 nitrogen and oxygen atoms in total. The summed E-state index contributed by atoms with van der Waals surface area (Å²) in [6.45, 7) is 5.58. The molecule has 0 bridgehead atoms. The van der Waals surface area contributed by atoms with Crippen LogP contribution in [0.15, 0.2) is 30.6 Å². The van der Waals surface area contributed by atoms with Crippen molar-refractivity contribution in [2.24, 2.45) is 0 Å². The second-order valence-corrected chi connectivity index (χ2v) is 8.72. The van der Waals surface area contributed by atoms with Gasteiger partial charge in [-0.3, -0.25) is 0 Å². The van der Waals surface area contributed by atoms with Crippen LogP contribution in [0.5, 0.6) is 0 Å². The number of anilines is 4. The Bertz CT molecular complexity index is 1070. The van der Waals surface area contributed by atoms with Crippen LogP contribution in [0.3, 0.4) is 0 Å². The number of nitrogens with one attached hydrogen (secondary N) is 2. The summed E-state index contributed by atoms with van der Waals surface area (Å²) in [6, 6.07) is 5.16. The lowest BCUT2D eigenvalue weighted by molar-refractivity contribution is -0.140. The van der Waals surface area contributed by atoms with Crippen LogP contribution >= 0.6 is 11.3 Å². The number of ether oxygens (including phenoxy) is 1. The average Bonchev–Trinajstić information content (AvgIpc) is 3.28. The zero-order valence-electron chi connectivity index (χ0n) is 18.7. The molecular formula is C22H26F3N7OS. The van der Waals surface area contributed by atoms with Gasteiger partial charge in [0.25, 0.3) is 0 Å². The fourth-order valence-electron chi connectivity index (χ4n) is 3.46. The van der Waals surface area contributed by atoms with Gasteiger partial charge in [0.2, 0.25) is 5.95 Å². The van der Waals surface area contributed by atoms with E-state index in [-0.39, 0.29) is 21.7 Å². The molecule has 0 aromatic carbocycles. The van der Waals surface area contributed by atoms with Crippen molar-refractivity contribution in [3.63, 3.8) is 0 Å². The summed E-state index contributed by atoms with van der Waals surface area (Å²) >= 11 is 0.939. The standard InChI is InChI=1S/C22H26F3N7OS/c1-2-3-4-8-27-21-31-19(22(23,24)25)18(34-21)16-7-9-26-20(29-16)30-17-6-5-15(14-28-17)32-10-12-33-13-11-32/h5-7,9,14H,2-4,8,10-13H2,1H3,(H,27,31)(H,26,28,29,30). The first-order valence-electron chi connectivity index (χ1n) is 11.1. The average molecular weight is 494 g/mol. The number of halogens is 3. The van der Waals surface area contributed by atoms with Gasteiger partial charge in [-0.1, -0.05) is 31.1 Å². The van der Waals surface area contributed by atoms with Crippen LogP contribution in [0.25, 0.3) is 10.6 Å². The van der Waals surface area contributed by atoms with Crippen molar-refractivity contribution in [1.29, 1.82) is 0 Å². The highest BCUT2D eigenvalue weighted by atomic mass is 32.1. The molecule has 0 amide bonds. The molecule has 4 heterocycles. The maximum Gasteiger partial charge on any atom is 0.434 e. The van der Waals surface area contributed by atoms with Gasteiger partial charge in [0.15, 0.2) is 10.8 Å². The Morgan fingerprint density at radius 2 is 1.91 bits per heavy atom. The number of thiazole rings is 1. The molecular weight excluding hydrogens is 467 g/mol. The minimum absolute atomic E-state index is 0.0495. The fraction of sp³-hybridized carbons (Fsp3) is 0.455. The van der Waals surface area contributed by atoms with E-state index in [1.807, 2.05) is 6.07 Å². The van der Waals surface area contributed by atoms with E-state index in [1.165, 1.54) is 12.3 Å². The topological polar surface area (TPSA) is 88.1 Å². The van der Waals surface area contributed by atoms with E-state index in [2.05, 4.69) is 42.4 Å². The van der Waals surface area contributed by atoms with Crippen LogP contribution in [-0.4, -0.2) is 52.8 Å². The van der Waals surface area contributed by atoms with E-state index >= 15 is 0 Å². The number of pyridine rings is 1. The van der Waals surface area contributed by atoms with Crippen molar-refractivity contribution in [2.75, 3.05) is 48.4 Å². The minimum Gasteiger partial charge on any atom is -0.378 e. The van der Waals surface area contributed by atoms with Crippen LogP contribution in [0.4, 0.5) is 35.8 Å². The van der Waals surface area contributed by atoms with E-state index in [1.54, 1.807) is 12.3 Å². The SMILES string of the molecule is CCCCCNc1nc(C(F)(F)F)c(-c2ccnc(Nc3ccc(N4CCOCC4)cn3)n2)s1. The highest BCUT2D eigenvalue weighted by molar-refractivity contribution is 7.19. The van der Waals surface area contributed by atoms with Crippen LogP contribution in [0.2, 0.25) is 0 Å². The molecule has 0 saturated carbocycles. The molecule has 0 unspecified atom stereocenters. The van der Waals surface area contributed by atoms with Crippen LogP contribution < -0.4 is 15.5 Å². The summed E-state index contributed by atoms with van der Waals surface area (Å²) in [4.78, 5) is 18.8. The number of hydrogen-bond donors (Lipinski definition) is 2. The summed E-state index contributed by atoms with van der Waals surface area (Å²) < 4.78 is 46.4. The van der Waals surface area contributed by atoms with Gasteiger partial charge in [0.05, 0.1) is 35.7 Å². The third-order valence-corrected chi connectivity index (χ3v) is 6.24. The van der Waals surface area contributed by atoms with Crippen molar-refractivity contribution in [1.82, 2.24) is 19.9 Å². The molecule has 0 atom stereocenters. The van der Waals surface area contributed by atoms with E-state index in [0.29, 0.717) is 25.6 Å². The molecule has 1 aliphatic heterocycles. The van der Waals surface area contributed by atoms with Crippen molar-refractivity contribution < 1.29 is 17.9 Å². The van der Waals surface area contributed by atoms with Crippen LogP contribution in [-0.2, 0) is 10.9 Å². The van der Waals surface area contributed by atoms with Gasteiger partial charge in [-0.05, 0) is 24.6 Å². The van der Waals surface area contributed by atoms with Crippen molar-refractivity contribution in [3.05, 3.63) is 36.3 Å². The quantitative estimate of drug-likeness (QED) is 0.394. The Kier molecular flexibility index (Phi) is 7.78. The molecule has 0 spiro atoms. The number of alkyl halides is 3. The minimum atomic E-state index is -4.59. The van der Waals surface area contributed by atoms with Gasteiger partial charge in [0, 0.05) is 25.8 Å². The third kappa shape index (κ3) is 6.11. The number of morpholine rings is 1. The first-order valence-corrected chi connectivity index (χ1v) is 12.0. The van der Waals surface area contributed by atoms with Gasteiger partial charge in [-0.2, -0.15) is 13.2 Å². The van der Waals surface area contributed by atoms with Gasteiger partial charge < -0.3 is 20.3 Å². The summed E-state index contributed by atoms with van der Waals surface area (Å²) in [5.41, 5.74) is 0.170. The normalized spacial score (nSPS) is 14.3. The van der Waals surface area contributed by atoms with Crippen LogP contribution in [0, 0.1) is 0 Å². The Labute approximate surface area is 199 Å². The number of unbranched alkanes of at least 4 members (excludes halogenated alkanes) is 2. The molecule has 0 aliphatic carbocycles. The van der Waals surface area contributed by atoms with Crippen molar-refractivity contribution in [3.8, 4) is 10.6 Å². The lowest BCUT2D eigenvalue weighted by atomic mass is 10.2. The summed E-state index contributed by atoms with van der Waals surface area (Å²) in [5, 5.41) is 6.19. The molecule has 1 fully saturated rings. The number of rotatable bonds is 9. The predicted octanol–water partition coefficient (Wildman–Crippen LogP) is 5.20. The molecule has 34 heavy (non-hydrogen) atoms. The van der Waals surface area contributed by atoms with E-state index in [9.17, 15) is 13.2 Å². The largest absolute Gasteiger partial charge is 0.434 e. The van der Waals surface area contributed by atoms with E-state index in [4.69, 9.17) is 4.74 Å². The Balaban J connectivity index is 1.51. The van der Waals surface area contributed by atoms with Gasteiger partial charge in [-0.25, -0.2) is 19.9 Å². The molecule has 0 radical (unpaired) electrons. The number of aromatic nitrogens is 4. The number of nitrogens with zero attached hydrogens (tertiary/aromatic N) is 5. The highest BCUT2D eigenvalue weighted by Gasteiger charge is 2.38. The third-order valence-electron chi connectivity index (χ3n) is 5.20. The summed E-state index contributed by atoms with van der Waals surface area (Å²) in [7, 11) is 0. The lowest BCUT2D eigenvalue weighted by Gasteiger charge is -2.28. The zero-order chi connectivity index (χ0) is 24.0. The molecule has 3 aromatic rings. The number of hydrogen-bond acceptors (Lipinski definition) is 9. The molecule has 1 aliphatic rings. The fourth-order valence-corrected chi connectivity index (χ4v) is 4.44. The smallest absolute Gasteiger partial charge is 0.378 e. The molecule has 3 aromatic heterocycles. The van der Waals surface area contributed by atoms with Gasteiger partial charge >= 0.3 is 6.18 Å². The predicted molar refractivity (Wildman–Crippen MR) is 127 cm³/mol. The second-order valence-electron chi connectivity index (χ2n) is 7.72. The summed E-state index contributed by atoms with van der Waals surface area (Å²) in [5.74, 6) is 0.649. The Morgan fingerprint density at radius 1 is 1.09 bits per heavy atom. The first-order chi connectivity index (χ1) is 16.4. The monoisotopic (exact) mass is 493 g/mol. The molecule has 4 rings (SSSR count). The molecule has 182 valence electrons. The molecule has 1 saturated heterocycles. The van der Waals surface area contributed by atoms with Crippen LogP contribution in [0.1, 0.15) is 31.9 Å². The first kappa shape index (κ1) is 24.1. The maximum atomic E-state index is 13.7. The Hall–Kier alpha value is -2.99. The molecule has 2 N–H and O–H groups in total. The van der Waals surface area contributed by atoms with E-state index < -0.39 is 11.9 Å². The molecule has 12 heteroatoms.